The monoisotopic (exact) mass is 218 g/mol. The molecule has 0 aliphatic heterocycles. The maximum Gasteiger partial charge on any atom is 0.213 e. The second-order valence-electron chi connectivity index (χ2n) is 3.29. The van der Waals surface area contributed by atoms with E-state index in [9.17, 15) is 19.2 Å². The van der Waals surface area contributed by atoms with Crippen LogP contribution < -0.4 is 0 Å². The molecule has 0 aliphatic rings. The van der Waals surface area contributed by atoms with E-state index >= 15 is 0 Å². The molecule has 0 saturated carbocycles. The lowest BCUT2D eigenvalue weighted by Gasteiger charge is -2.07. The number of carbonyl (C=O) groups is 4. The van der Waals surface area contributed by atoms with Gasteiger partial charge in [-0.05, 0) is 6.92 Å². The minimum Gasteiger partial charge on any atom is -0.299 e. The highest BCUT2D eigenvalue weighted by molar-refractivity contribution is 6.39. The smallest absolute Gasteiger partial charge is 0.213 e. The minimum absolute atomic E-state index is 0.00685. The van der Waals surface area contributed by atoms with E-state index in [1.807, 2.05) is 0 Å². The summed E-state index contributed by atoms with van der Waals surface area (Å²) in [4.78, 5) is 44.4. The third-order valence-corrected chi connectivity index (χ3v) is 2.13. The molecular weight excluding hydrogens is 208 g/mol. The SMILES string of the molecule is CC(=O)C(C(=O)C=O)C(=O)c1ccccc1. The van der Waals surface area contributed by atoms with Crippen molar-refractivity contribution in [3.05, 3.63) is 35.9 Å². The Morgan fingerprint density at radius 1 is 1.12 bits per heavy atom. The average Bonchev–Trinajstić information content (AvgIpc) is 2.29. The predicted molar refractivity (Wildman–Crippen MR) is 56.0 cm³/mol. The lowest BCUT2D eigenvalue weighted by molar-refractivity contribution is -0.135. The molecule has 0 amide bonds. The Labute approximate surface area is 92.3 Å². The molecule has 0 saturated heterocycles. The van der Waals surface area contributed by atoms with Gasteiger partial charge in [0.15, 0.2) is 12.1 Å². The highest BCUT2D eigenvalue weighted by Gasteiger charge is 2.31. The summed E-state index contributed by atoms with van der Waals surface area (Å²) in [6.45, 7) is 1.12. The van der Waals surface area contributed by atoms with Gasteiger partial charge in [-0.2, -0.15) is 0 Å². The van der Waals surface area contributed by atoms with Crippen LogP contribution in [-0.2, 0) is 14.4 Å². The van der Waals surface area contributed by atoms with Gasteiger partial charge in [0.25, 0.3) is 0 Å². The topological polar surface area (TPSA) is 68.3 Å². The molecule has 0 aromatic heterocycles. The Hall–Kier alpha value is -2.10. The molecule has 0 bridgehead atoms. The lowest BCUT2D eigenvalue weighted by atomic mass is 9.91. The van der Waals surface area contributed by atoms with Gasteiger partial charge in [-0.15, -0.1) is 0 Å². The normalized spacial score (nSPS) is 11.6. The predicted octanol–water partition coefficient (Wildman–Crippen LogP) is 0.843. The zero-order valence-corrected chi connectivity index (χ0v) is 8.67. The van der Waals surface area contributed by atoms with Gasteiger partial charge in [0.2, 0.25) is 5.78 Å². The summed E-state index contributed by atoms with van der Waals surface area (Å²) >= 11 is 0. The molecule has 82 valence electrons. The summed E-state index contributed by atoms with van der Waals surface area (Å²) in [5, 5.41) is 0. The Balaban J connectivity index is 3.06. The van der Waals surface area contributed by atoms with Crippen LogP contribution in [0, 0.1) is 5.92 Å². The molecule has 1 aromatic rings. The molecule has 4 nitrogen and oxygen atoms in total. The summed E-state index contributed by atoms with van der Waals surface area (Å²) in [5.41, 5.74) is 0.248. The summed E-state index contributed by atoms with van der Waals surface area (Å²) < 4.78 is 0. The van der Waals surface area contributed by atoms with Crippen LogP contribution in [0.1, 0.15) is 17.3 Å². The zero-order valence-electron chi connectivity index (χ0n) is 8.67. The fraction of sp³-hybridized carbons (Fsp3) is 0.167. The lowest BCUT2D eigenvalue weighted by Crippen LogP contribution is -2.31. The van der Waals surface area contributed by atoms with Crippen molar-refractivity contribution in [2.75, 3.05) is 0 Å². The van der Waals surface area contributed by atoms with E-state index < -0.39 is 23.3 Å². The minimum atomic E-state index is -1.50. The molecule has 0 aliphatic carbocycles. The fourth-order valence-corrected chi connectivity index (χ4v) is 1.35. The number of benzene rings is 1. The fourth-order valence-electron chi connectivity index (χ4n) is 1.35. The van der Waals surface area contributed by atoms with Crippen LogP contribution in [0.25, 0.3) is 0 Å². The molecule has 0 spiro atoms. The number of Topliss-reactive ketones (excluding diaryl/α,β-unsaturated/α-hetero) is 3. The standard InChI is InChI=1S/C12H10O4/c1-8(14)11(10(15)7-13)12(16)9-5-3-2-4-6-9/h2-7,11H,1H3. The Bertz CT molecular complexity index is 434. The van der Waals surface area contributed by atoms with Crippen molar-refractivity contribution in [1.29, 1.82) is 0 Å². The number of ketones is 3. The Morgan fingerprint density at radius 2 is 1.69 bits per heavy atom. The van der Waals surface area contributed by atoms with Crippen molar-refractivity contribution in [3.63, 3.8) is 0 Å². The van der Waals surface area contributed by atoms with Crippen LogP contribution in [0.15, 0.2) is 30.3 Å². The van der Waals surface area contributed by atoms with E-state index in [4.69, 9.17) is 0 Å². The van der Waals surface area contributed by atoms with E-state index in [-0.39, 0.29) is 11.8 Å². The summed E-state index contributed by atoms with van der Waals surface area (Å²) in [7, 11) is 0. The van der Waals surface area contributed by atoms with Gasteiger partial charge in [-0.25, -0.2) is 0 Å². The van der Waals surface area contributed by atoms with E-state index in [0.29, 0.717) is 0 Å². The van der Waals surface area contributed by atoms with Crippen LogP contribution in [0.3, 0.4) is 0 Å². The number of hydrogen-bond acceptors (Lipinski definition) is 4. The van der Waals surface area contributed by atoms with E-state index in [0.717, 1.165) is 6.92 Å². The quantitative estimate of drug-likeness (QED) is 0.318. The summed E-state index contributed by atoms with van der Waals surface area (Å²) in [6, 6.07) is 7.94. The molecule has 1 aromatic carbocycles. The Morgan fingerprint density at radius 3 is 2.12 bits per heavy atom. The van der Waals surface area contributed by atoms with Gasteiger partial charge < -0.3 is 0 Å². The number of aldehydes is 1. The highest BCUT2D eigenvalue weighted by Crippen LogP contribution is 2.10. The van der Waals surface area contributed by atoms with Crippen molar-refractivity contribution >= 4 is 23.6 Å². The van der Waals surface area contributed by atoms with Crippen molar-refractivity contribution in [2.24, 2.45) is 5.92 Å². The third kappa shape index (κ3) is 2.48. The van der Waals surface area contributed by atoms with Crippen LogP contribution in [-0.4, -0.2) is 23.6 Å². The zero-order chi connectivity index (χ0) is 12.1. The van der Waals surface area contributed by atoms with Crippen LogP contribution >= 0.6 is 0 Å². The van der Waals surface area contributed by atoms with Crippen molar-refractivity contribution in [3.8, 4) is 0 Å². The first-order valence-corrected chi connectivity index (χ1v) is 4.66. The van der Waals surface area contributed by atoms with Gasteiger partial charge in [0.1, 0.15) is 11.7 Å². The van der Waals surface area contributed by atoms with E-state index in [1.54, 1.807) is 18.2 Å². The first-order chi connectivity index (χ1) is 7.57. The second-order valence-corrected chi connectivity index (χ2v) is 3.29. The molecule has 4 heteroatoms. The molecule has 0 N–H and O–H groups in total. The molecule has 1 unspecified atom stereocenters. The molecule has 0 radical (unpaired) electrons. The van der Waals surface area contributed by atoms with Crippen molar-refractivity contribution < 1.29 is 19.2 Å². The molecular formula is C12H10O4. The van der Waals surface area contributed by atoms with Gasteiger partial charge in [0.05, 0.1) is 0 Å². The van der Waals surface area contributed by atoms with Crippen LogP contribution in [0.4, 0.5) is 0 Å². The first kappa shape index (κ1) is 12.0. The van der Waals surface area contributed by atoms with Gasteiger partial charge >= 0.3 is 0 Å². The molecule has 1 rings (SSSR count). The van der Waals surface area contributed by atoms with E-state index in [2.05, 4.69) is 0 Å². The molecule has 0 heterocycles. The van der Waals surface area contributed by atoms with Gasteiger partial charge in [-0.1, -0.05) is 30.3 Å². The van der Waals surface area contributed by atoms with E-state index in [1.165, 1.54) is 12.1 Å². The van der Waals surface area contributed by atoms with Crippen molar-refractivity contribution in [1.82, 2.24) is 0 Å². The summed E-state index contributed by atoms with van der Waals surface area (Å²) in [5.74, 6) is -3.75. The second kappa shape index (κ2) is 5.11. The number of hydrogen-bond donors (Lipinski definition) is 0. The average molecular weight is 218 g/mol. The number of rotatable bonds is 5. The Kier molecular flexibility index (Phi) is 3.83. The maximum absolute atomic E-state index is 11.8. The van der Waals surface area contributed by atoms with Crippen molar-refractivity contribution in [2.45, 2.75) is 6.92 Å². The van der Waals surface area contributed by atoms with Gasteiger partial charge in [-0.3, -0.25) is 19.2 Å². The maximum atomic E-state index is 11.8. The molecule has 16 heavy (non-hydrogen) atoms. The van der Waals surface area contributed by atoms with Gasteiger partial charge in [0, 0.05) is 5.56 Å². The van der Waals surface area contributed by atoms with Crippen LogP contribution in [0.5, 0.6) is 0 Å². The largest absolute Gasteiger partial charge is 0.299 e. The highest BCUT2D eigenvalue weighted by atomic mass is 16.2. The molecule has 1 atom stereocenters. The summed E-state index contributed by atoms with van der Waals surface area (Å²) in [6.07, 6.45) is 0.00685. The first-order valence-electron chi connectivity index (χ1n) is 4.66. The number of carbonyl (C=O) groups excluding carboxylic acids is 4. The molecule has 0 fully saturated rings. The third-order valence-electron chi connectivity index (χ3n) is 2.13. The van der Waals surface area contributed by atoms with Crippen LogP contribution in [0.2, 0.25) is 0 Å².